The molecule has 1 saturated heterocycles. The lowest BCUT2D eigenvalue weighted by Crippen LogP contribution is -2.56. The summed E-state index contributed by atoms with van der Waals surface area (Å²) in [6.45, 7) is 3.67. The van der Waals surface area contributed by atoms with Gasteiger partial charge in [-0.1, -0.05) is 48.9 Å². The van der Waals surface area contributed by atoms with Crippen LogP contribution in [0.5, 0.6) is 5.75 Å². The van der Waals surface area contributed by atoms with Crippen LogP contribution in [0.25, 0.3) is 0 Å². The molecular weight excluding hydrogens is 456 g/mol. The summed E-state index contributed by atoms with van der Waals surface area (Å²) in [5.41, 5.74) is 2.96. The lowest BCUT2D eigenvalue weighted by atomic mass is 9.57. The molecule has 4 heteroatoms. The average Bonchev–Trinajstić information content (AvgIpc) is 3.76. The summed E-state index contributed by atoms with van der Waals surface area (Å²) in [5.74, 6) is 2.88. The molecule has 2 aromatic rings. The Labute approximate surface area is 224 Å². The highest BCUT2D eigenvalue weighted by Gasteiger charge is 2.49. The Morgan fingerprint density at radius 1 is 1.03 bits per heavy atom. The highest BCUT2D eigenvalue weighted by molar-refractivity contribution is 5.76. The van der Waals surface area contributed by atoms with Crippen molar-refractivity contribution in [3.63, 3.8) is 0 Å². The molecule has 4 nitrogen and oxygen atoms in total. The predicted molar refractivity (Wildman–Crippen MR) is 151 cm³/mol. The van der Waals surface area contributed by atoms with Crippen molar-refractivity contribution >= 4 is 5.91 Å². The zero-order chi connectivity index (χ0) is 25.7. The van der Waals surface area contributed by atoms with Gasteiger partial charge in [0, 0.05) is 38.0 Å². The van der Waals surface area contributed by atoms with E-state index in [4.69, 9.17) is 4.74 Å². The van der Waals surface area contributed by atoms with Gasteiger partial charge < -0.3 is 14.5 Å². The number of likely N-dealkylation sites (tertiary alicyclic amines) is 1. The average molecular weight is 503 g/mol. The summed E-state index contributed by atoms with van der Waals surface area (Å²) < 4.78 is 5.63. The predicted octanol–water partition coefficient (Wildman–Crippen LogP) is 6.48. The highest BCUT2D eigenvalue weighted by atomic mass is 16.5. The third kappa shape index (κ3) is 6.39. The van der Waals surface area contributed by atoms with E-state index in [0.29, 0.717) is 24.3 Å². The number of rotatable bonds is 11. The first-order chi connectivity index (χ1) is 18.1. The number of ether oxygens (including phenoxy) is 1. The van der Waals surface area contributed by atoms with E-state index in [-0.39, 0.29) is 5.41 Å². The molecule has 1 heterocycles. The zero-order valence-electron chi connectivity index (χ0n) is 23.0. The molecule has 2 aromatic carbocycles. The summed E-state index contributed by atoms with van der Waals surface area (Å²) in [7, 11) is 3.83. The molecule has 0 spiro atoms. The van der Waals surface area contributed by atoms with E-state index in [2.05, 4.69) is 71.4 Å². The quantitative estimate of drug-likeness (QED) is 0.330. The fourth-order valence-corrected chi connectivity index (χ4v) is 7.09. The van der Waals surface area contributed by atoms with Crippen LogP contribution in [-0.2, 0) is 16.6 Å². The Kier molecular flexibility index (Phi) is 8.54. The van der Waals surface area contributed by atoms with Gasteiger partial charge in [0.1, 0.15) is 5.75 Å². The number of hydrogen-bond acceptors (Lipinski definition) is 3. The van der Waals surface area contributed by atoms with Crippen LogP contribution in [0.4, 0.5) is 0 Å². The summed E-state index contributed by atoms with van der Waals surface area (Å²) in [6, 6.07) is 19.8. The van der Waals surface area contributed by atoms with Crippen LogP contribution in [0, 0.1) is 11.8 Å². The SMILES string of the molecule is COc1cccc([C@@]23CCN(CC4CC4)C[C@H]2CC[C@@H](N(C)C(=O)CCCCCc2ccccc2)C3)c1. The largest absolute Gasteiger partial charge is 0.497 e. The zero-order valence-corrected chi connectivity index (χ0v) is 23.0. The van der Waals surface area contributed by atoms with Gasteiger partial charge in [-0.25, -0.2) is 0 Å². The number of piperidine rings is 1. The number of methoxy groups -OCH3 is 1. The van der Waals surface area contributed by atoms with Crippen molar-refractivity contribution in [2.75, 3.05) is 33.8 Å². The van der Waals surface area contributed by atoms with Crippen molar-refractivity contribution in [1.82, 2.24) is 9.80 Å². The minimum Gasteiger partial charge on any atom is -0.497 e. The van der Waals surface area contributed by atoms with E-state index in [9.17, 15) is 4.79 Å². The van der Waals surface area contributed by atoms with Crippen LogP contribution < -0.4 is 4.74 Å². The van der Waals surface area contributed by atoms with Gasteiger partial charge in [0.25, 0.3) is 0 Å². The second-order valence-electron chi connectivity index (χ2n) is 12.0. The van der Waals surface area contributed by atoms with Crippen molar-refractivity contribution in [3.05, 3.63) is 65.7 Å². The minimum atomic E-state index is 0.141. The van der Waals surface area contributed by atoms with E-state index in [0.717, 1.165) is 50.2 Å². The number of hydrogen-bond donors (Lipinski definition) is 0. The Morgan fingerprint density at radius 2 is 1.86 bits per heavy atom. The Balaban J connectivity index is 1.20. The third-order valence-corrected chi connectivity index (χ3v) is 9.58. The van der Waals surface area contributed by atoms with Crippen LogP contribution >= 0.6 is 0 Å². The first-order valence-corrected chi connectivity index (χ1v) is 14.7. The van der Waals surface area contributed by atoms with E-state index in [1.165, 1.54) is 56.4 Å². The standard InChI is InChI=1S/C33H46N2O2/c1-34(32(36)15-8-4-7-12-26-10-5-3-6-11-26)30-19-18-29-25-35(24-27-16-17-27)21-20-33(29,23-30)28-13-9-14-31(22-28)37-2/h3,5-6,9-11,13-14,22,27,29-30H,4,7-8,12,15-21,23-25H2,1-2H3/t29-,30-,33+/m1/s1. The van der Waals surface area contributed by atoms with E-state index in [1.807, 2.05) is 0 Å². The number of carbonyl (C=O) groups is 1. The summed E-state index contributed by atoms with van der Waals surface area (Å²) in [5, 5.41) is 0. The maximum absolute atomic E-state index is 13.3. The van der Waals surface area contributed by atoms with Crippen molar-refractivity contribution in [1.29, 1.82) is 0 Å². The smallest absolute Gasteiger partial charge is 0.222 e. The second kappa shape index (κ2) is 12.0. The number of benzene rings is 2. The summed E-state index contributed by atoms with van der Waals surface area (Å²) in [4.78, 5) is 18.1. The fourth-order valence-electron chi connectivity index (χ4n) is 7.09. The van der Waals surface area contributed by atoms with E-state index >= 15 is 0 Å². The lowest BCUT2D eigenvalue weighted by molar-refractivity contribution is -0.134. The van der Waals surface area contributed by atoms with E-state index in [1.54, 1.807) is 7.11 Å². The van der Waals surface area contributed by atoms with Gasteiger partial charge in [-0.2, -0.15) is 0 Å². The molecule has 5 rings (SSSR count). The maximum atomic E-state index is 13.3. The number of carbonyl (C=O) groups excluding carboxylic acids is 1. The van der Waals surface area contributed by atoms with Crippen LogP contribution in [0.2, 0.25) is 0 Å². The number of fused-ring (bicyclic) bond motifs is 1. The first kappa shape index (κ1) is 26.3. The van der Waals surface area contributed by atoms with Gasteiger partial charge in [-0.3, -0.25) is 4.79 Å². The van der Waals surface area contributed by atoms with Crippen LogP contribution in [0.3, 0.4) is 0 Å². The molecule has 37 heavy (non-hydrogen) atoms. The molecule has 0 radical (unpaired) electrons. The first-order valence-electron chi connectivity index (χ1n) is 14.7. The topological polar surface area (TPSA) is 32.8 Å². The van der Waals surface area contributed by atoms with Crippen molar-refractivity contribution < 1.29 is 9.53 Å². The molecule has 3 aliphatic rings. The molecular formula is C33H46N2O2. The molecule has 200 valence electrons. The number of amides is 1. The Hall–Kier alpha value is -2.33. The molecule has 0 aromatic heterocycles. The normalized spacial score (nSPS) is 25.9. The second-order valence-corrected chi connectivity index (χ2v) is 12.0. The van der Waals surface area contributed by atoms with Gasteiger partial charge in [0.05, 0.1) is 7.11 Å². The molecule has 0 N–H and O–H groups in total. The molecule has 2 saturated carbocycles. The van der Waals surface area contributed by atoms with Crippen molar-refractivity contribution in [2.24, 2.45) is 11.8 Å². The number of aryl methyl sites for hydroxylation is 1. The molecule has 3 fully saturated rings. The summed E-state index contributed by atoms with van der Waals surface area (Å²) >= 11 is 0. The maximum Gasteiger partial charge on any atom is 0.222 e. The van der Waals surface area contributed by atoms with Crippen molar-refractivity contribution in [2.45, 2.75) is 82.1 Å². The monoisotopic (exact) mass is 502 g/mol. The van der Waals surface area contributed by atoms with Gasteiger partial charge in [0.15, 0.2) is 0 Å². The van der Waals surface area contributed by atoms with Crippen LogP contribution in [-0.4, -0.2) is 55.5 Å². The number of unbranched alkanes of at least 4 members (excludes halogenated alkanes) is 2. The van der Waals surface area contributed by atoms with Crippen molar-refractivity contribution in [3.8, 4) is 5.75 Å². The lowest BCUT2D eigenvalue weighted by Gasteiger charge is -2.54. The van der Waals surface area contributed by atoms with E-state index < -0.39 is 0 Å². The van der Waals surface area contributed by atoms with Crippen LogP contribution in [0.1, 0.15) is 75.3 Å². The number of nitrogens with zero attached hydrogens (tertiary/aromatic N) is 2. The third-order valence-electron chi connectivity index (χ3n) is 9.58. The molecule has 3 atom stereocenters. The van der Waals surface area contributed by atoms with Gasteiger partial charge in [0.2, 0.25) is 5.91 Å². The minimum absolute atomic E-state index is 0.141. The van der Waals surface area contributed by atoms with Crippen LogP contribution in [0.15, 0.2) is 54.6 Å². The molecule has 0 unspecified atom stereocenters. The van der Waals surface area contributed by atoms with Gasteiger partial charge in [-0.05, 0) is 99.4 Å². The molecule has 1 aliphatic heterocycles. The van der Waals surface area contributed by atoms with Gasteiger partial charge >= 0.3 is 0 Å². The Bertz CT molecular complexity index is 1020. The Morgan fingerprint density at radius 3 is 2.65 bits per heavy atom. The van der Waals surface area contributed by atoms with Gasteiger partial charge in [-0.15, -0.1) is 0 Å². The molecule has 1 amide bonds. The molecule has 0 bridgehead atoms. The fraction of sp³-hybridized carbons (Fsp3) is 0.606. The summed E-state index contributed by atoms with van der Waals surface area (Å²) in [6.07, 6.45) is 12.5. The highest BCUT2D eigenvalue weighted by Crippen LogP contribution is 2.51. The molecule has 2 aliphatic carbocycles.